The Kier molecular flexibility index (Phi) is 7.41. The lowest BCUT2D eigenvalue weighted by molar-refractivity contribution is -0.127. The Morgan fingerprint density at radius 3 is 2.33 bits per heavy atom. The van der Waals surface area contributed by atoms with Gasteiger partial charge in [0.25, 0.3) is 5.91 Å². The fourth-order valence-electron chi connectivity index (χ4n) is 5.49. The van der Waals surface area contributed by atoms with Crippen LogP contribution in [0.1, 0.15) is 73.6 Å². The van der Waals surface area contributed by atoms with Crippen molar-refractivity contribution in [2.24, 2.45) is 5.73 Å². The molecule has 0 spiro atoms. The quantitative estimate of drug-likeness (QED) is 0.579. The summed E-state index contributed by atoms with van der Waals surface area (Å²) in [7, 11) is 0. The van der Waals surface area contributed by atoms with Crippen molar-refractivity contribution in [1.29, 1.82) is 0 Å². The van der Waals surface area contributed by atoms with Gasteiger partial charge < -0.3 is 20.1 Å². The van der Waals surface area contributed by atoms with E-state index >= 15 is 0 Å². The topological polar surface area (TPSA) is 71.6 Å². The predicted molar refractivity (Wildman–Crippen MR) is 134 cm³/mol. The normalized spacial score (nSPS) is 16.2. The van der Waals surface area contributed by atoms with Gasteiger partial charge in [0.15, 0.2) is 0 Å². The third-order valence-corrected chi connectivity index (χ3v) is 7.25. The Bertz CT molecular complexity index is 987. The van der Waals surface area contributed by atoms with E-state index in [1.165, 1.54) is 24.2 Å². The highest BCUT2D eigenvalue weighted by atomic mass is 16.2. The zero-order chi connectivity index (χ0) is 23.4. The standard InChI is InChI=1S/C27H38N4O2/c1-3-4-9-23-26(21-11-13-22(14-12-21)29-15-5-6-16-29)25(27(28)33)20(2)31(23)19-8-18-30-17-7-10-24(30)32/h11-14H,3-10,15-19H2,1-2H3,(H2,28,33). The number of benzene rings is 1. The van der Waals surface area contributed by atoms with Crippen LogP contribution >= 0.6 is 0 Å². The molecule has 178 valence electrons. The zero-order valence-electron chi connectivity index (χ0n) is 20.2. The molecule has 0 atom stereocenters. The summed E-state index contributed by atoms with van der Waals surface area (Å²) in [5, 5.41) is 0. The highest BCUT2D eigenvalue weighted by molar-refractivity contribution is 6.02. The lowest BCUT2D eigenvalue weighted by Gasteiger charge is -2.19. The van der Waals surface area contributed by atoms with Crippen molar-refractivity contribution in [2.45, 2.75) is 71.8 Å². The van der Waals surface area contributed by atoms with Crippen LogP contribution in [0.4, 0.5) is 5.69 Å². The number of anilines is 1. The number of likely N-dealkylation sites (tertiary alicyclic amines) is 1. The number of rotatable bonds is 10. The number of unbranched alkanes of at least 4 members (excludes halogenated alkanes) is 1. The van der Waals surface area contributed by atoms with Crippen LogP contribution in [0.3, 0.4) is 0 Å². The number of hydrogen-bond donors (Lipinski definition) is 1. The predicted octanol–water partition coefficient (Wildman–Crippen LogP) is 4.52. The molecule has 0 saturated carbocycles. The van der Waals surface area contributed by atoms with E-state index in [2.05, 4.69) is 40.7 Å². The first kappa shape index (κ1) is 23.4. The lowest BCUT2D eigenvalue weighted by Crippen LogP contribution is -2.26. The molecule has 0 unspecified atom stereocenters. The van der Waals surface area contributed by atoms with Crippen LogP contribution in [0.25, 0.3) is 11.1 Å². The molecular weight excluding hydrogens is 412 g/mol. The van der Waals surface area contributed by atoms with Gasteiger partial charge in [0, 0.05) is 61.8 Å². The number of amides is 2. The largest absolute Gasteiger partial charge is 0.372 e. The lowest BCUT2D eigenvalue weighted by atomic mass is 9.97. The molecular formula is C27H38N4O2. The summed E-state index contributed by atoms with van der Waals surface area (Å²) in [6, 6.07) is 8.66. The first-order valence-electron chi connectivity index (χ1n) is 12.7. The van der Waals surface area contributed by atoms with Crippen LogP contribution < -0.4 is 10.6 Å². The van der Waals surface area contributed by atoms with Gasteiger partial charge in [-0.3, -0.25) is 9.59 Å². The van der Waals surface area contributed by atoms with Crippen LogP contribution in [0, 0.1) is 6.92 Å². The Balaban J connectivity index is 1.66. The summed E-state index contributed by atoms with van der Waals surface area (Å²) in [4.78, 5) is 29.0. The maximum atomic E-state index is 12.6. The molecule has 1 aromatic carbocycles. The molecule has 6 nitrogen and oxygen atoms in total. The minimum absolute atomic E-state index is 0.266. The first-order valence-corrected chi connectivity index (χ1v) is 12.7. The minimum Gasteiger partial charge on any atom is -0.372 e. The molecule has 0 aliphatic carbocycles. The number of nitrogens with zero attached hydrogens (tertiary/aromatic N) is 3. The number of primary amides is 1. The maximum Gasteiger partial charge on any atom is 0.251 e. The summed E-state index contributed by atoms with van der Waals surface area (Å²) in [5.74, 6) is -0.0978. The van der Waals surface area contributed by atoms with Crippen LogP contribution in [-0.4, -0.2) is 47.5 Å². The van der Waals surface area contributed by atoms with E-state index in [-0.39, 0.29) is 11.8 Å². The van der Waals surface area contributed by atoms with Crippen molar-refractivity contribution in [3.63, 3.8) is 0 Å². The van der Waals surface area contributed by atoms with Crippen molar-refractivity contribution in [3.05, 3.63) is 41.2 Å². The second-order valence-corrected chi connectivity index (χ2v) is 9.48. The molecule has 2 fully saturated rings. The first-order chi connectivity index (χ1) is 16.0. The van der Waals surface area contributed by atoms with Gasteiger partial charge in [0.1, 0.15) is 0 Å². The summed E-state index contributed by atoms with van der Waals surface area (Å²) in [6.07, 6.45) is 8.08. The van der Waals surface area contributed by atoms with Crippen molar-refractivity contribution >= 4 is 17.5 Å². The van der Waals surface area contributed by atoms with E-state index < -0.39 is 0 Å². The second-order valence-electron chi connectivity index (χ2n) is 9.48. The molecule has 2 aliphatic rings. The summed E-state index contributed by atoms with van der Waals surface area (Å²) in [5.41, 5.74) is 12.0. The van der Waals surface area contributed by atoms with Crippen LogP contribution in [0.5, 0.6) is 0 Å². The summed E-state index contributed by atoms with van der Waals surface area (Å²) in [6.45, 7) is 8.87. The summed E-state index contributed by atoms with van der Waals surface area (Å²) >= 11 is 0. The number of carbonyl (C=O) groups is 2. The third kappa shape index (κ3) is 4.94. The number of nitrogens with two attached hydrogens (primary N) is 1. The average Bonchev–Trinajstić information content (AvgIpc) is 3.53. The van der Waals surface area contributed by atoms with Gasteiger partial charge >= 0.3 is 0 Å². The number of carbonyl (C=O) groups excluding carboxylic acids is 2. The molecule has 2 saturated heterocycles. The van der Waals surface area contributed by atoms with E-state index in [1.807, 2.05) is 11.8 Å². The van der Waals surface area contributed by atoms with E-state index in [1.54, 1.807) is 0 Å². The zero-order valence-corrected chi connectivity index (χ0v) is 20.2. The molecule has 0 bridgehead atoms. The van der Waals surface area contributed by atoms with Crippen molar-refractivity contribution < 1.29 is 9.59 Å². The molecule has 33 heavy (non-hydrogen) atoms. The van der Waals surface area contributed by atoms with E-state index in [0.717, 1.165) is 81.6 Å². The van der Waals surface area contributed by atoms with Gasteiger partial charge in [-0.05, 0) is 63.1 Å². The minimum atomic E-state index is -0.364. The molecule has 2 N–H and O–H groups in total. The van der Waals surface area contributed by atoms with Gasteiger partial charge in [-0.15, -0.1) is 0 Å². The number of hydrogen-bond acceptors (Lipinski definition) is 3. The Hall–Kier alpha value is -2.76. The van der Waals surface area contributed by atoms with E-state index in [4.69, 9.17) is 5.73 Å². The molecule has 6 heteroatoms. The van der Waals surface area contributed by atoms with Gasteiger partial charge in [0.05, 0.1) is 5.56 Å². The van der Waals surface area contributed by atoms with Crippen molar-refractivity contribution in [2.75, 3.05) is 31.1 Å². The molecule has 3 heterocycles. The summed E-state index contributed by atoms with van der Waals surface area (Å²) < 4.78 is 2.29. The molecule has 2 aliphatic heterocycles. The van der Waals surface area contributed by atoms with E-state index in [9.17, 15) is 9.59 Å². The highest BCUT2D eigenvalue weighted by Crippen LogP contribution is 2.35. The van der Waals surface area contributed by atoms with Crippen molar-refractivity contribution in [1.82, 2.24) is 9.47 Å². The molecule has 0 radical (unpaired) electrons. The Morgan fingerprint density at radius 1 is 1.00 bits per heavy atom. The molecule has 2 aromatic rings. The van der Waals surface area contributed by atoms with Crippen LogP contribution in [0.15, 0.2) is 24.3 Å². The van der Waals surface area contributed by atoms with Gasteiger partial charge in [-0.1, -0.05) is 25.5 Å². The molecule has 1 aromatic heterocycles. The third-order valence-electron chi connectivity index (χ3n) is 7.25. The van der Waals surface area contributed by atoms with Crippen molar-refractivity contribution in [3.8, 4) is 11.1 Å². The highest BCUT2D eigenvalue weighted by Gasteiger charge is 2.25. The Morgan fingerprint density at radius 2 is 1.73 bits per heavy atom. The SMILES string of the molecule is CCCCc1c(-c2ccc(N3CCCC3)cc2)c(C(N)=O)c(C)n1CCCN1CCCC1=O. The van der Waals surface area contributed by atoms with Gasteiger partial charge in [-0.2, -0.15) is 0 Å². The fourth-order valence-corrected chi connectivity index (χ4v) is 5.49. The maximum absolute atomic E-state index is 12.6. The van der Waals surface area contributed by atoms with Gasteiger partial charge in [0.2, 0.25) is 5.91 Å². The smallest absolute Gasteiger partial charge is 0.251 e. The number of aromatic nitrogens is 1. The monoisotopic (exact) mass is 450 g/mol. The second kappa shape index (κ2) is 10.4. The fraction of sp³-hybridized carbons (Fsp3) is 0.556. The van der Waals surface area contributed by atoms with E-state index in [0.29, 0.717) is 12.0 Å². The molecule has 4 rings (SSSR count). The van der Waals surface area contributed by atoms with Crippen LogP contribution in [0.2, 0.25) is 0 Å². The van der Waals surface area contributed by atoms with Crippen LogP contribution in [-0.2, 0) is 17.8 Å². The van der Waals surface area contributed by atoms with Gasteiger partial charge in [-0.25, -0.2) is 0 Å². The Labute approximate surface area is 197 Å². The average molecular weight is 451 g/mol. The molecule has 2 amide bonds.